The Morgan fingerprint density at radius 3 is 2.33 bits per heavy atom. The molecule has 1 heterocycles. The van der Waals surface area contributed by atoms with Crippen molar-refractivity contribution >= 4 is 11.8 Å². The van der Waals surface area contributed by atoms with Gasteiger partial charge in [0.2, 0.25) is 11.8 Å². The van der Waals surface area contributed by atoms with Crippen LogP contribution in [-0.2, 0) is 9.59 Å². The first kappa shape index (κ1) is 13.6. The standard InChI is InChI=1S/C15H25NO2/c1-15(2,3)11-6-4-5-10(7-8-11)12-9-13(17)16-14(12)18/h10-12H,4-9H2,1-3H3,(H,16,17,18). The zero-order chi connectivity index (χ0) is 13.3. The molecule has 0 aromatic heterocycles. The number of imide groups is 1. The van der Waals surface area contributed by atoms with Crippen molar-refractivity contribution in [2.75, 3.05) is 0 Å². The van der Waals surface area contributed by atoms with Gasteiger partial charge in [0.25, 0.3) is 0 Å². The lowest BCUT2D eigenvalue weighted by molar-refractivity contribution is -0.126. The molecule has 3 heteroatoms. The number of carbonyl (C=O) groups is 2. The van der Waals surface area contributed by atoms with Gasteiger partial charge in [0, 0.05) is 12.3 Å². The minimum atomic E-state index is -0.0818. The molecule has 1 N–H and O–H groups in total. The minimum Gasteiger partial charge on any atom is -0.296 e. The van der Waals surface area contributed by atoms with E-state index in [1.807, 2.05) is 0 Å². The summed E-state index contributed by atoms with van der Waals surface area (Å²) in [5.41, 5.74) is 0.364. The molecule has 0 spiro atoms. The predicted octanol–water partition coefficient (Wildman–Crippen LogP) is 2.89. The van der Waals surface area contributed by atoms with E-state index in [1.54, 1.807) is 0 Å². The fraction of sp³-hybridized carbons (Fsp3) is 0.867. The van der Waals surface area contributed by atoms with E-state index in [4.69, 9.17) is 0 Å². The Labute approximate surface area is 110 Å². The van der Waals surface area contributed by atoms with Crippen LogP contribution >= 0.6 is 0 Å². The van der Waals surface area contributed by atoms with Crippen LogP contribution in [0.25, 0.3) is 0 Å². The average Bonchev–Trinajstić information content (AvgIpc) is 2.51. The molecule has 2 fully saturated rings. The summed E-state index contributed by atoms with van der Waals surface area (Å²) in [6.07, 6.45) is 6.30. The molecule has 3 atom stereocenters. The van der Waals surface area contributed by atoms with Crippen LogP contribution in [0, 0.1) is 23.2 Å². The molecule has 2 aliphatic rings. The third kappa shape index (κ3) is 2.93. The van der Waals surface area contributed by atoms with Crippen molar-refractivity contribution in [3.8, 4) is 0 Å². The SMILES string of the molecule is CC(C)(C)C1CCCC(C2CC(=O)NC2=O)CC1. The number of hydrogen-bond donors (Lipinski definition) is 1. The van der Waals surface area contributed by atoms with Crippen molar-refractivity contribution in [1.82, 2.24) is 5.32 Å². The zero-order valence-electron chi connectivity index (χ0n) is 11.8. The van der Waals surface area contributed by atoms with E-state index in [0.717, 1.165) is 18.8 Å². The molecule has 0 aromatic carbocycles. The second-order valence-electron chi connectivity index (χ2n) is 7.05. The fourth-order valence-corrected chi connectivity index (χ4v) is 3.55. The van der Waals surface area contributed by atoms with Gasteiger partial charge in [-0.3, -0.25) is 14.9 Å². The monoisotopic (exact) mass is 251 g/mol. The van der Waals surface area contributed by atoms with Gasteiger partial charge in [-0.1, -0.05) is 27.2 Å². The van der Waals surface area contributed by atoms with Crippen LogP contribution in [0.2, 0.25) is 0 Å². The highest BCUT2D eigenvalue weighted by molar-refractivity contribution is 6.03. The Hall–Kier alpha value is -0.860. The summed E-state index contributed by atoms with van der Waals surface area (Å²) in [4.78, 5) is 23.0. The van der Waals surface area contributed by atoms with Gasteiger partial charge >= 0.3 is 0 Å². The second-order valence-corrected chi connectivity index (χ2v) is 7.05. The Morgan fingerprint density at radius 2 is 1.78 bits per heavy atom. The minimum absolute atomic E-state index is 0.0285. The summed E-state index contributed by atoms with van der Waals surface area (Å²) in [5.74, 6) is 1.02. The average molecular weight is 251 g/mol. The normalized spacial score (nSPS) is 34.3. The van der Waals surface area contributed by atoms with Crippen molar-refractivity contribution in [2.45, 2.75) is 59.3 Å². The first-order chi connectivity index (χ1) is 8.38. The van der Waals surface area contributed by atoms with Crippen LogP contribution in [0.4, 0.5) is 0 Å². The van der Waals surface area contributed by atoms with Crippen LogP contribution in [0.5, 0.6) is 0 Å². The van der Waals surface area contributed by atoms with Gasteiger partial charge in [0.1, 0.15) is 0 Å². The van der Waals surface area contributed by atoms with Gasteiger partial charge in [-0.05, 0) is 42.9 Å². The van der Waals surface area contributed by atoms with Gasteiger partial charge in [0.15, 0.2) is 0 Å². The largest absolute Gasteiger partial charge is 0.296 e. The quantitative estimate of drug-likeness (QED) is 0.575. The van der Waals surface area contributed by atoms with Gasteiger partial charge in [-0.25, -0.2) is 0 Å². The summed E-state index contributed by atoms with van der Waals surface area (Å²) in [5, 5.41) is 2.45. The number of carbonyl (C=O) groups excluding carboxylic acids is 2. The first-order valence-electron chi connectivity index (χ1n) is 7.21. The van der Waals surface area contributed by atoms with Crippen LogP contribution in [0.3, 0.4) is 0 Å². The Bertz CT molecular complexity index is 343. The summed E-state index contributed by atoms with van der Waals surface area (Å²) in [6, 6.07) is 0. The van der Waals surface area contributed by atoms with E-state index in [1.165, 1.54) is 19.3 Å². The van der Waals surface area contributed by atoms with Crippen molar-refractivity contribution < 1.29 is 9.59 Å². The molecule has 2 amide bonds. The van der Waals surface area contributed by atoms with E-state index >= 15 is 0 Å². The number of rotatable bonds is 1. The van der Waals surface area contributed by atoms with Crippen molar-refractivity contribution in [2.24, 2.45) is 23.2 Å². The van der Waals surface area contributed by atoms with Crippen molar-refractivity contribution in [3.63, 3.8) is 0 Å². The molecule has 1 aliphatic carbocycles. The molecule has 1 saturated carbocycles. The molecule has 3 nitrogen and oxygen atoms in total. The molecule has 1 saturated heterocycles. The Kier molecular flexibility index (Phi) is 3.79. The van der Waals surface area contributed by atoms with Crippen LogP contribution in [-0.4, -0.2) is 11.8 Å². The van der Waals surface area contributed by atoms with Gasteiger partial charge in [-0.15, -0.1) is 0 Å². The van der Waals surface area contributed by atoms with E-state index < -0.39 is 0 Å². The molecule has 0 aromatic rings. The summed E-state index contributed by atoms with van der Waals surface area (Å²) in [6.45, 7) is 6.93. The van der Waals surface area contributed by atoms with Gasteiger partial charge in [-0.2, -0.15) is 0 Å². The number of hydrogen-bond acceptors (Lipinski definition) is 2. The lowest BCUT2D eigenvalue weighted by Gasteiger charge is -2.30. The summed E-state index contributed by atoms with van der Waals surface area (Å²) in [7, 11) is 0. The highest BCUT2D eigenvalue weighted by atomic mass is 16.2. The van der Waals surface area contributed by atoms with Crippen LogP contribution < -0.4 is 5.32 Å². The molecule has 3 unspecified atom stereocenters. The maximum Gasteiger partial charge on any atom is 0.230 e. The van der Waals surface area contributed by atoms with Crippen molar-refractivity contribution in [1.29, 1.82) is 0 Å². The van der Waals surface area contributed by atoms with E-state index in [0.29, 0.717) is 17.8 Å². The maximum absolute atomic E-state index is 11.7. The molecule has 0 bridgehead atoms. The highest BCUT2D eigenvalue weighted by Gasteiger charge is 2.38. The van der Waals surface area contributed by atoms with E-state index in [9.17, 15) is 9.59 Å². The smallest absolute Gasteiger partial charge is 0.230 e. The topological polar surface area (TPSA) is 46.2 Å². The second kappa shape index (κ2) is 5.02. The predicted molar refractivity (Wildman–Crippen MR) is 70.8 cm³/mol. The molecule has 1 aliphatic heterocycles. The zero-order valence-corrected chi connectivity index (χ0v) is 11.8. The highest BCUT2D eigenvalue weighted by Crippen LogP contribution is 2.41. The number of nitrogens with one attached hydrogen (secondary N) is 1. The molecule has 18 heavy (non-hydrogen) atoms. The summed E-state index contributed by atoms with van der Waals surface area (Å²) < 4.78 is 0. The third-order valence-corrected chi connectivity index (χ3v) is 4.81. The maximum atomic E-state index is 11.7. The van der Waals surface area contributed by atoms with E-state index in [2.05, 4.69) is 26.1 Å². The molecule has 0 radical (unpaired) electrons. The van der Waals surface area contributed by atoms with Crippen LogP contribution in [0.15, 0.2) is 0 Å². The molecule has 102 valence electrons. The summed E-state index contributed by atoms with van der Waals surface area (Å²) >= 11 is 0. The van der Waals surface area contributed by atoms with E-state index in [-0.39, 0.29) is 17.7 Å². The van der Waals surface area contributed by atoms with Crippen LogP contribution in [0.1, 0.15) is 59.3 Å². The van der Waals surface area contributed by atoms with Crippen molar-refractivity contribution in [3.05, 3.63) is 0 Å². The fourth-order valence-electron chi connectivity index (χ4n) is 3.55. The van der Waals surface area contributed by atoms with Gasteiger partial charge < -0.3 is 0 Å². The Balaban J connectivity index is 1.97. The van der Waals surface area contributed by atoms with Gasteiger partial charge in [0.05, 0.1) is 0 Å². The third-order valence-electron chi connectivity index (χ3n) is 4.81. The molecular formula is C15H25NO2. The lowest BCUT2D eigenvalue weighted by atomic mass is 9.76. The first-order valence-corrected chi connectivity index (χ1v) is 7.21. The number of amides is 2. The lowest BCUT2D eigenvalue weighted by Crippen LogP contribution is -2.26. The Morgan fingerprint density at radius 1 is 1.06 bits per heavy atom. The molecular weight excluding hydrogens is 226 g/mol. The molecule has 2 rings (SSSR count).